The number of unbranched alkanes of at least 4 members (excludes halogenated alkanes) is 2. The number of pyridine rings is 2. The van der Waals surface area contributed by atoms with Gasteiger partial charge in [-0.1, -0.05) is 25.8 Å². The van der Waals surface area contributed by atoms with Crippen molar-refractivity contribution in [3.8, 4) is 5.75 Å². The molecule has 0 aliphatic heterocycles. The first-order chi connectivity index (χ1) is 9.81. The SMILES string of the molecule is CCCCCOc1cccn(Cc2cccnc2)c1=O. The molecule has 0 N–H and O–H groups in total. The smallest absolute Gasteiger partial charge is 0.293 e. The molecule has 4 nitrogen and oxygen atoms in total. The Bertz CT molecular complexity index is 579. The third-order valence-corrected chi connectivity index (χ3v) is 3.07. The zero-order chi connectivity index (χ0) is 14.2. The Morgan fingerprint density at radius 2 is 2.15 bits per heavy atom. The summed E-state index contributed by atoms with van der Waals surface area (Å²) in [4.78, 5) is 16.3. The molecule has 0 spiro atoms. The van der Waals surface area contributed by atoms with Crippen LogP contribution >= 0.6 is 0 Å². The van der Waals surface area contributed by atoms with E-state index in [4.69, 9.17) is 4.74 Å². The summed E-state index contributed by atoms with van der Waals surface area (Å²) in [5.41, 5.74) is 0.908. The van der Waals surface area contributed by atoms with Crippen molar-refractivity contribution < 1.29 is 4.74 Å². The van der Waals surface area contributed by atoms with Gasteiger partial charge >= 0.3 is 0 Å². The molecule has 0 saturated carbocycles. The molecule has 2 aromatic heterocycles. The molecule has 0 aliphatic rings. The monoisotopic (exact) mass is 272 g/mol. The van der Waals surface area contributed by atoms with Crippen molar-refractivity contribution in [2.45, 2.75) is 32.7 Å². The summed E-state index contributed by atoms with van der Waals surface area (Å²) in [5.74, 6) is 0.424. The van der Waals surface area contributed by atoms with Gasteiger partial charge in [0.1, 0.15) is 0 Å². The van der Waals surface area contributed by atoms with E-state index in [-0.39, 0.29) is 5.56 Å². The Balaban J connectivity index is 2.05. The fourth-order valence-corrected chi connectivity index (χ4v) is 1.97. The predicted octanol–water partition coefficient (Wildman–Crippen LogP) is 2.86. The number of nitrogens with zero attached hydrogens (tertiary/aromatic N) is 2. The Hall–Kier alpha value is -2.10. The first-order valence-corrected chi connectivity index (χ1v) is 7.02. The van der Waals surface area contributed by atoms with Gasteiger partial charge in [0.25, 0.3) is 5.56 Å². The van der Waals surface area contributed by atoms with Crippen molar-refractivity contribution in [1.29, 1.82) is 0 Å². The highest BCUT2D eigenvalue weighted by Gasteiger charge is 2.04. The van der Waals surface area contributed by atoms with Crippen molar-refractivity contribution in [2.24, 2.45) is 0 Å². The topological polar surface area (TPSA) is 44.1 Å². The Morgan fingerprint density at radius 3 is 2.90 bits per heavy atom. The number of hydrogen-bond acceptors (Lipinski definition) is 3. The number of ether oxygens (including phenoxy) is 1. The van der Waals surface area contributed by atoms with Crippen LogP contribution in [0.15, 0.2) is 47.7 Å². The van der Waals surface area contributed by atoms with Gasteiger partial charge in [-0.15, -0.1) is 0 Å². The van der Waals surface area contributed by atoms with E-state index in [2.05, 4.69) is 11.9 Å². The maximum absolute atomic E-state index is 12.3. The highest BCUT2D eigenvalue weighted by atomic mass is 16.5. The molecule has 0 atom stereocenters. The third kappa shape index (κ3) is 3.95. The minimum atomic E-state index is -0.0900. The van der Waals surface area contributed by atoms with Gasteiger partial charge < -0.3 is 9.30 Å². The van der Waals surface area contributed by atoms with Crippen LogP contribution in [0.3, 0.4) is 0 Å². The van der Waals surface area contributed by atoms with Crippen LogP contribution in [0.25, 0.3) is 0 Å². The van der Waals surface area contributed by atoms with E-state index < -0.39 is 0 Å². The second-order valence-corrected chi connectivity index (χ2v) is 4.72. The maximum Gasteiger partial charge on any atom is 0.293 e. The van der Waals surface area contributed by atoms with E-state index in [9.17, 15) is 4.79 Å². The van der Waals surface area contributed by atoms with E-state index >= 15 is 0 Å². The average molecular weight is 272 g/mol. The summed E-state index contributed by atoms with van der Waals surface area (Å²) >= 11 is 0. The highest BCUT2D eigenvalue weighted by molar-refractivity contribution is 5.19. The van der Waals surface area contributed by atoms with Gasteiger partial charge in [0.2, 0.25) is 0 Å². The van der Waals surface area contributed by atoms with Crippen LogP contribution < -0.4 is 10.3 Å². The molecule has 0 bridgehead atoms. The number of aromatic nitrogens is 2. The molecule has 0 radical (unpaired) electrons. The first kappa shape index (κ1) is 14.3. The average Bonchev–Trinajstić information content (AvgIpc) is 2.48. The molecule has 2 rings (SSSR count). The van der Waals surface area contributed by atoms with Crippen LogP contribution in [-0.4, -0.2) is 16.2 Å². The van der Waals surface area contributed by atoms with E-state index in [1.165, 1.54) is 0 Å². The molecule has 0 fully saturated rings. The lowest BCUT2D eigenvalue weighted by atomic mass is 10.2. The van der Waals surface area contributed by atoms with Gasteiger partial charge in [0.15, 0.2) is 5.75 Å². The van der Waals surface area contributed by atoms with Gasteiger partial charge in [-0.2, -0.15) is 0 Å². The Morgan fingerprint density at radius 1 is 1.25 bits per heavy atom. The van der Waals surface area contributed by atoms with Crippen molar-refractivity contribution in [3.63, 3.8) is 0 Å². The standard InChI is InChI=1S/C16H20N2O2/c1-2-3-4-11-20-15-8-6-10-18(16(15)19)13-14-7-5-9-17-12-14/h5-10,12H,2-4,11,13H2,1H3. The van der Waals surface area contributed by atoms with Crippen molar-refractivity contribution in [3.05, 3.63) is 58.8 Å². The fraction of sp³-hybridized carbons (Fsp3) is 0.375. The second kappa shape index (κ2) is 7.48. The van der Waals surface area contributed by atoms with E-state index in [1.54, 1.807) is 29.2 Å². The summed E-state index contributed by atoms with van der Waals surface area (Å²) in [6.45, 7) is 3.25. The van der Waals surface area contributed by atoms with Crippen LogP contribution in [0.1, 0.15) is 31.7 Å². The van der Waals surface area contributed by atoms with Crippen LogP contribution in [0.2, 0.25) is 0 Å². The van der Waals surface area contributed by atoms with Crippen LogP contribution in [0, 0.1) is 0 Å². The maximum atomic E-state index is 12.3. The second-order valence-electron chi connectivity index (χ2n) is 4.72. The summed E-state index contributed by atoms with van der Waals surface area (Å²) in [6, 6.07) is 7.39. The molecule has 0 unspecified atom stereocenters. The highest BCUT2D eigenvalue weighted by Crippen LogP contribution is 2.06. The largest absolute Gasteiger partial charge is 0.488 e. The normalized spacial score (nSPS) is 10.4. The van der Waals surface area contributed by atoms with Crippen molar-refractivity contribution in [1.82, 2.24) is 9.55 Å². The fourth-order valence-electron chi connectivity index (χ4n) is 1.97. The summed E-state index contributed by atoms with van der Waals surface area (Å²) in [7, 11) is 0. The Kier molecular flexibility index (Phi) is 5.35. The number of hydrogen-bond donors (Lipinski definition) is 0. The lowest BCUT2D eigenvalue weighted by Crippen LogP contribution is -2.22. The van der Waals surface area contributed by atoms with Gasteiger partial charge in [-0.05, 0) is 30.2 Å². The lowest BCUT2D eigenvalue weighted by molar-refractivity contribution is 0.300. The zero-order valence-electron chi connectivity index (χ0n) is 11.8. The minimum absolute atomic E-state index is 0.0900. The van der Waals surface area contributed by atoms with Crippen LogP contribution in [-0.2, 0) is 6.54 Å². The molecule has 2 heterocycles. The first-order valence-electron chi connectivity index (χ1n) is 7.02. The molecule has 0 saturated heterocycles. The molecule has 0 aliphatic carbocycles. The van der Waals surface area contributed by atoms with Gasteiger partial charge in [0.05, 0.1) is 13.2 Å². The molecule has 2 aromatic rings. The Labute approximate surface area is 119 Å². The van der Waals surface area contributed by atoms with E-state index in [0.717, 1.165) is 24.8 Å². The summed E-state index contributed by atoms with van der Waals surface area (Å²) in [6.07, 6.45) is 8.50. The van der Waals surface area contributed by atoms with Crippen LogP contribution in [0.4, 0.5) is 0 Å². The van der Waals surface area contributed by atoms with Gasteiger partial charge in [0, 0.05) is 18.6 Å². The summed E-state index contributed by atoms with van der Waals surface area (Å²) < 4.78 is 7.21. The lowest BCUT2D eigenvalue weighted by Gasteiger charge is -2.09. The van der Waals surface area contributed by atoms with Crippen LogP contribution in [0.5, 0.6) is 5.75 Å². The number of rotatable bonds is 7. The molecule has 20 heavy (non-hydrogen) atoms. The quantitative estimate of drug-likeness (QED) is 0.728. The summed E-state index contributed by atoms with van der Waals surface area (Å²) in [5, 5.41) is 0. The van der Waals surface area contributed by atoms with Gasteiger partial charge in [-0.3, -0.25) is 9.78 Å². The third-order valence-electron chi connectivity index (χ3n) is 3.07. The van der Waals surface area contributed by atoms with Gasteiger partial charge in [-0.25, -0.2) is 0 Å². The van der Waals surface area contributed by atoms with E-state index in [0.29, 0.717) is 18.9 Å². The molecular formula is C16H20N2O2. The molecule has 0 amide bonds. The van der Waals surface area contributed by atoms with Crippen molar-refractivity contribution in [2.75, 3.05) is 6.61 Å². The predicted molar refractivity (Wildman–Crippen MR) is 79.1 cm³/mol. The molecular weight excluding hydrogens is 252 g/mol. The molecule has 106 valence electrons. The minimum Gasteiger partial charge on any atom is -0.488 e. The van der Waals surface area contributed by atoms with E-state index in [1.807, 2.05) is 18.2 Å². The molecule has 0 aromatic carbocycles. The van der Waals surface area contributed by atoms with Crippen molar-refractivity contribution >= 4 is 0 Å². The molecule has 4 heteroatoms. The zero-order valence-corrected chi connectivity index (χ0v) is 11.8.